The van der Waals surface area contributed by atoms with Gasteiger partial charge in [-0.05, 0) is 56.9 Å². The van der Waals surface area contributed by atoms with E-state index in [0.717, 1.165) is 28.1 Å². The van der Waals surface area contributed by atoms with Gasteiger partial charge >= 0.3 is 0 Å². The molecule has 2 amide bonds. The number of anilines is 1. The number of sulfonamides is 1. The zero-order valence-electron chi connectivity index (χ0n) is 20.1. The fourth-order valence-electron chi connectivity index (χ4n) is 3.43. The fraction of sp³-hybridized carbons (Fsp3) is 0.440. The van der Waals surface area contributed by atoms with Gasteiger partial charge in [-0.3, -0.25) is 13.9 Å². The van der Waals surface area contributed by atoms with Gasteiger partial charge in [0.05, 0.1) is 11.9 Å². The molecular weight excluding hydrogens is 438 g/mol. The smallest absolute Gasteiger partial charge is 0.244 e. The van der Waals surface area contributed by atoms with Crippen molar-refractivity contribution < 1.29 is 18.0 Å². The van der Waals surface area contributed by atoms with Crippen LogP contribution < -0.4 is 9.62 Å². The molecule has 0 aliphatic rings. The van der Waals surface area contributed by atoms with Gasteiger partial charge in [-0.15, -0.1) is 0 Å². The molecule has 0 bridgehead atoms. The van der Waals surface area contributed by atoms with Crippen LogP contribution in [0.3, 0.4) is 0 Å². The van der Waals surface area contributed by atoms with Gasteiger partial charge in [-0.2, -0.15) is 0 Å². The molecule has 8 heteroatoms. The summed E-state index contributed by atoms with van der Waals surface area (Å²) in [7, 11) is -3.71. The molecule has 7 nitrogen and oxygen atoms in total. The third kappa shape index (κ3) is 7.89. The Labute approximate surface area is 197 Å². The van der Waals surface area contributed by atoms with Gasteiger partial charge in [-0.25, -0.2) is 8.42 Å². The first kappa shape index (κ1) is 26.4. The van der Waals surface area contributed by atoms with E-state index in [9.17, 15) is 18.0 Å². The van der Waals surface area contributed by atoms with E-state index >= 15 is 0 Å². The molecule has 1 N–H and O–H groups in total. The van der Waals surface area contributed by atoms with Crippen molar-refractivity contribution in [3.63, 3.8) is 0 Å². The van der Waals surface area contributed by atoms with Crippen LogP contribution in [0.5, 0.6) is 0 Å². The highest BCUT2D eigenvalue weighted by atomic mass is 32.2. The lowest BCUT2D eigenvalue weighted by Gasteiger charge is -2.32. The molecule has 0 heterocycles. The van der Waals surface area contributed by atoms with Crippen molar-refractivity contribution in [2.75, 3.05) is 23.7 Å². The van der Waals surface area contributed by atoms with Crippen molar-refractivity contribution in [2.24, 2.45) is 0 Å². The zero-order chi connectivity index (χ0) is 24.6. The molecule has 2 rings (SSSR count). The minimum absolute atomic E-state index is 0.0224. The van der Waals surface area contributed by atoms with Crippen molar-refractivity contribution in [3.05, 3.63) is 65.7 Å². The molecule has 0 radical (unpaired) electrons. The minimum Gasteiger partial charge on any atom is -0.352 e. The summed E-state index contributed by atoms with van der Waals surface area (Å²) in [6.07, 6.45) is 2.40. The van der Waals surface area contributed by atoms with Gasteiger partial charge in [0.15, 0.2) is 0 Å². The first-order valence-electron chi connectivity index (χ1n) is 11.2. The molecule has 2 atom stereocenters. The summed E-state index contributed by atoms with van der Waals surface area (Å²) >= 11 is 0. The maximum atomic E-state index is 13.4. The number of nitrogens with zero attached hydrogens (tertiary/aromatic N) is 2. The number of aryl methyl sites for hydroxylation is 1. The summed E-state index contributed by atoms with van der Waals surface area (Å²) < 4.78 is 26.2. The lowest BCUT2D eigenvalue weighted by Crippen LogP contribution is -2.53. The van der Waals surface area contributed by atoms with Crippen LogP contribution in [0, 0.1) is 6.92 Å². The van der Waals surface area contributed by atoms with Gasteiger partial charge in [0.2, 0.25) is 21.8 Å². The Morgan fingerprint density at radius 1 is 1.03 bits per heavy atom. The lowest BCUT2D eigenvalue weighted by molar-refractivity contribution is -0.139. The lowest BCUT2D eigenvalue weighted by atomic mass is 10.1. The highest BCUT2D eigenvalue weighted by Gasteiger charge is 2.30. The van der Waals surface area contributed by atoms with Crippen molar-refractivity contribution >= 4 is 27.5 Å². The average molecular weight is 474 g/mol. The molecule has 0 aromatic heterocycles. The van der Waals surface area contributed by atoms with Gasteiger partial charge in [0.25, 0.3) is 0 Å². The largest absolute Gasteiger partial charge is 0.352 e. The van der Waals surface area contributed by atoms with Gasteiger partial charge < -0.3 is 10.2 Å². The Kier molecular flexibility index (Phi) is 9.46. The summed E-state index contributed by atoms with van der Waals surface area (Å²) in [6, 6.07) is 15.9. The van der Waals surface area contributed by atoms with E-state index in [0.29, 0.717) is 18.7 Å². The molecule has 0 spiro atoms. The number of rotatable bonds is 11. The molecule has 0 fully saturated rings. The number of amides is 2. The van der Waals surface area contributed by atoms with E-state index in [1.165, 1.54) is 4.90 Å². The van der Waals surface area contributed by atoms with Gasteiger partial charge in [0, 0.05) is 12.6 Å². The third-order valence-electron chi connectivity index (χ3n) is 5.62. The summed E-state index contributed by atoms with van der Waals surface area (Å²) in [4.78, 5) is 27.7. The summed E-state index contributed by atoms with van der Waals surface area (Å²) in [5.41, 5.74) is 2.34. The Balaban J connectivity index is 2.30. The van der Waals surface area contributed by atoms with E-state index in [1.54, 1.807) is 25.1 Å². The molecule has 33 heavy (non-hydrogen) atoms. The predicted molar refractivity (Wildman–Crippen MR) is 133 cm³/mol. The van der Waals surface area contributed by atoms with Crippen LogP contribution in [-0.4, -0.2) is 56.6 Å². The molecule has 2 aromatic carbocycles. The number of hydrogen-bond acceptors (Lipinski definition) is 4. The summed E-state index contributed by atoms with van der Waals surface area (Å²) in [6.45, 7) is 7.34. The van der Waals surface area contributed by atoms with E-state index < -0.39 is 22.0 Å². The number of nitrogens with one attached hydrogen (secondary N) is 1. The first-order valence-corrected chi connectivity index (χ1v) is 13.1. The van der Waals surface area contributed by atoms with Crippen LogP contribution in [-0.2, 0) is 26.0 Å². The minimum atomic E-state index is -3.71. The van der Waals surface area contributed by atoms with Crippen LogP contribution in [0.4, 0.5) is 5.69 Å². The van der Waals surface area contributed by atoms with Crippen LogP contribution >= 0.6 is 0 Å². The van der Waals surface area contributed by atoms with E-state index in [1.807, 2.05) is 57.2 Å². The Morgan fingerprint density at radius 2 is 1.70 bits per heavy atom. The number of hydrogen-bond donors (Lipinski definition) is 1. The second kappa shape index (κ2) is 11.8. The van der Waals surface area contributed by atoms with Crippen molar-refractivity contribution in [1.29, 1.82) is 0 Å². The fourth-order valence-corrected chi connectivity index (χ4v) is 4.27. The van der Waals surface area contributed by atoms with Gasteiger partial charge in [0.1, 0.15) is 12.6 Å². The molecule has 0 saturated carbocycles. The monoisotopic (exact) mass is 473 g/mol. The second-order valence-electron chi connectivity index (χ2n) is 8.43. The molecular formula is C25H35N3O4S. The van der Waals surface area contributed by atoms with Crippen molar-refractivity contribution in [3.8, 4) is 0 Å². The highest BCUT2D eigenvalue weighted by Crippen LogP contribution is 2.19. The predicted octanol–water partition coefficient (Wildman–Crippen LogP) is 3.14. The number of benzene rings is 2. The summed E-state index contributed by atoms with van der Waals surface area (Å²) in [5.74, 6) is -0.683. The van der Waals surface area contributed by atoms with Crippen LogP contribution in [0.15, 0.2) is 54.6 Å². The maximum Gasteiger partial charge on any atom is 0.244 e. The zero-order valence-corrected chi connectivity index (χ0v) is 20.9. The normalized spacial score (nSPS) is 13.1. The first-order chi connectivity index (χ1) is 15.5. The van der Waals surface area contributed by atoms with E-state index in [2.05, 4.69) is 5.32 Å². The van der Waals surface area contributed by atoms with Crippen LogP contribution in [0.2, 0.25) is 0 Å². The number of carbonyl (C=O) groups excluding carboxylic acids is 2. The van der Waals surface area contributed by atoms with Gasteiger partial charge in [-0.1, -0.05) is 49.4 Å². The van der Waals surface area contributed by atoms with E-state index in [4.69, 9.17) is 0 Å². The average Bonchev–Trinajstić information content (AvgIpc) is 2.77. The van der Waals surface area contributed by atoms with Crippen molar-refractivity contribution in [1.82, 2.24) is 10.2 Å². The molecule has 0 unspecified atom stereocenters. The Hall–Kier alpha value is -2.87. The number of carbonyl (C=O) groups is 2. The molecule has 0 aliphatic carbocycles. The molecule has 0 saturated heterocycles. The quantitative estimate of drug-likeness (QED) is 0.543. The molecule has 180 valence electrons. The highest BCUT2D eigenvalue weighted by molar-refractivity contribution is 7.92. The molecule has 0 aliphatic heterocycles. The topological polar surface area (TPSA) is 86.8 Å². The third-order valence-corrected chi connectivity index (χ3v) is 6.76. The van der Waals surface area contributed by atoms with Crippen LogP contribution in [0.1, 0.15) is 38.3 Å². The summed E-state index contributed by atoms with van der Waals surface area (Å²) in [5, 5.41) is 2.92. The van der Waals surface area contributed by atoms with E-state index in [-0.39, 0.29) is 18.5 Å². The SMILES string of the molecule is CC[C@H](C)NC(=O)[C@@H](C)N(CCc1ccccc1)C(=O)CN(c1cccc(C)c1)S(C)(=O)=O. The Bertz CT molecular complexity index is 1040. The standard InChI is InChI=1S/C25H35N3O4S/c1-6-20(3)26-25(30)21(4)27(16-15-22-12-8-7-9-13-22)24(29)18-28(33(5,31)32)23-14-10-11-19(2)17-23/h7-14,17,20-21H,6,15-16,18H2,1-5H3,(H,26,30)/t20-,21+/m0/s1. The second-order valence-corrected chi connectivity index (χ2v) is 10.3. The maximum absolute atomic E-state index is 13.4. The van der Waals surface area contributed by atoms with Crippen LogP contribution in [0.25, 0.3) is 0 Å². The van der Waals surface area contributed by atoms with Crippen molar-refractivity contribution in [2.45, 2.75) is 52.6 Å². The Morgan fingerprint density at radius 3 is 2.27 bits per heavy atom. The molecule has 2 aromatic rings.